The number of carbonyl (C=O) groups is 3. The Balaban J connectivity index is 1.33. The van der Waals surface area contributed by atoms with Crippen LogP contribution < -0.4 is 5.32 Å². The molecule has 1 N–H and O–H groups in total. The van der Waals surface area contributed by atoms with Gasteiger partial charge in [0.2, 0.25) is 5.91 Å². The van der Waals surface area contributed by atoms with Crippen molar-refractivity contribution in [3.05, 3.63) is 90.0 Å². The molecule has 3 amide bonds. The molecule has 9 heteroatoms. The van der Waals surface area contributed by atoms with Crippen molar-refractivity contribution in [2.24, 2.45) is 0 Å². The minimum atomic E-state index is -0.199. The number of nitrogens with one attached hydrogen (secondary N) is 1. The van der Waals surface area contributed by atoms with Gasteiger partial charge in [0, 0.05) is 44.2 Å². The van der Waals surface area contributed by atoms with Crippen LogP contribution >= 0.6 is 0 Å². The summed E-state index contributed by atoms with van der Waals surface area (Å²) in [5.74, 6) is 0.418. The van der Waals surface area contributed by atoms with E-state index in [-0.39, 0.29) is 17.7 Å². The SMILES string of the molecule is CC(=O)Nc1c(-c2ccccc2)c(C)nn1-c1ccc(C(=O)N2CCN(C(=O)c3ccco3)CC2)cc1. The molecule has 9 nitrogen and oxygen atoms in total. The lowest BCUT2D eigenvalue weighted by molar-refractivity contribution is -0.114. The van der Waals surface area contributed by atoms with Crippen LogP contribution in [0.4, 0.5) is 5.82 Å². The highest BCUT2D eigenvalue weighted by molar-refractivity contribution is 5.96. The molecule has 1 fully saturated rings. The third kappa shape index (κ3) is 4.88. The van der Waals surface area contributed by atoms with Gasteiger partial charge in [-0.15, -0.1) is 0 Å². The van der Waals surface area contributed by atoms with E-state index in [2.05, 4.69) is 10.4 Å². The van der Waals surface area contributed by atoms with E-state index >= 15 is 0 Å². The molecule has 0 spiro atoms. The number of aryl methyl sites for hydroxylation is 1. The highest BCUT2D eigenvalue weighted by atomic mass is 16.3. The zero-order valence-electron chi connectivity index (χ0n) is 20.7. The van der Waals surface area contributed by atoms with Crippen LogP contribution in [0.2, 0.25) is 0 Å². The van der Waals surface area contributed by atoms with Gasteiger partial charge < -0.3 is 19.5 Å². The monoisotopic (exact) mass is 497 g/mol. The van der Waals surface area contributed by atoms with Gasteiger partial charge in [0.25, 0.3) is 11.8 Å². The third-order valence-electron chi connectivity index (χ3n) is 6.36. The van der Waals surface area contributed by atoms with Crippen LogP contribution in [0, 0.1) is 6.92 Å². The molecule has 5 rings (SSSR count). The number of aromatic nitrogens is 2. The number of hydrogen-bond donors (Lipinski definition) is 1. The average molecular weight is 498 g/mol. The van der Waals surface area contributed by atoms with Crippen LogP contribution in [-0.4, -0.2) is 63.5 Å². The van der Waals surface area contributed by atoms with Crippen molar-refractivity contribution in [2.75, 3.05) is 31.5 Å². The summed E-state index contributed by atoms with van der Waals surface area (Å²) in [6.45, 7) is 5.14. The third-order valence-corrected chi connectivity index (χ3v) is 6.36. The molecule has 0 atom stereocenters. The second-order valence-electron chi connectivity index (χ2n) is 8.88. The highest BCUT2D eigenvalue weighted by Gasteiger charge is 2.27. The highest BCUT2D eigenvalue weighted by Crippen LogP contribution is 2.33. The van der Waals surface area contributed by atoms with Crippen LogP contribution in [0.25, 0.3) is 16.8 Å². The van der Waals surface area contributed by atoms with E-state index in [0.29, 0.717) is 43.3 Å². The van der Waals surface area contributed by atoms with Crippen molar-refractivity contribution in [1.29, 1.82) is 0 Å². The van der Waals surface area contributed by atoms with Crippen molar-refractivity contribution in [3.8, 4) is 16.8 Å². The number of furan rings is 1. The molecule has 3 heterocycles. The van der Waals surface area contributed by atoms with Crippen LogP contribution in [0.5, 0.6) is 0 Å². The molecule has 0 radical (unpaired) electrons. The van der Waals surface area contributed by atoms with Crippen LogP contribution in [0.15, 0.2) is 77.4 Å². The normalized spacial score (nSPS) is 13.5. The molecule has 0 unspecified atom stereocenters. The molecule has 1 aliphatic heterocycles. The first-order valence-electron chi connectivity index (χ1n) is 12.1. The molecular formula is C28H27N5O4. The molecule has 2 aromatic heterocycles. The number of piperazine rings is 1. The van der Waals surface area contributed by atoms with Crippen molar-refractivity contribution in [3.63, 3.8) is 0 Å². The van der Waals surface area contributed by atoms with Crippen molar-refractivity contribution >= 4 is 23.5 Å². The first-order valence-corrected chi connectivity index (χ1v) is 12.1. The Morgan fingerprint density at radius 2 is 1.49 bits per heavy atom. The van der Waals surface area contributed by atoms with E-state index in [1.807, 2.05) is 49.4 Å². The summed E-state index contributed by atoms with van der Waals surface area (Å²) < 4.78 is 6.89. The van der Waals surface area contributed by atoms with E-state index in [4.69, 9.17) is 4.42 Å². The lowest BCUT2D eigenvalue weighted by Gasteiger charge is -2.34. The number of hydrogen-bond acceptors (Lipinski definition) is 5. The minimum Gasteiger partial charge on any atom is -0.459 e. The van der Waals surface area contributed by atoms with Crippen LogP contribution in [0.3, 0.4) is 0 Å². The molecule has 1 saturated heterocycles. The number of anilines is 1. The summed E-state index contributed by atoms with van der Waals surface area (Å²) in [7, 11) is 0. The summed E-state index contributed by atoms with van der Waals surface area (Å²) in [4.78, 5) is 41.1. The number of benzene rings is 2. The maximum absolute atomic E-state index is 13.1. The molecule has 0 bridgehead atoms. The Morgan fingerprint density at radius 1 is 0.838 bits per heavy atom. The molecule has 1 aliphatic rings. The molecular weight excluding hydrogens is 470 g/mol. The largest absolute Gasteiger partial charge is 0.459 e. The Hall–Kier alpha value is -4.66. The second kappa shape index (κ2) is 10.1. The summed E-state index contributed by atoms with van der Waals surface area (Å²) in [6.07, 6.45) is 1.48. The average Bonchev–Trinajstić information content (AvgIpc) is 3.57. The molecule has 4 aromatic rings. The molecule has 0 saturated carbocycles. The lowest BCUT2D eigenvalue weighted by atomic mass is 10.1. The summed E-state index contributed by atoms with van der Waals surface area (Å²) in [5, 5.41) is 7.60. The van der Waals surface area contributed by atoms with Gasteiger partial charge >= 0.3 is 0 Å². The van der Waals surface area contributed by atoms with E-state index in [1.54, 1.807) is 38.7 Å². The Labute approximate surface area is 214 Å². The first-order chi connectivity index (χ1) is 17.9. The van der Waals surface area contributed by atoms with Gasteiger partial charge in [-0.1, -0.05) is 30.3 Å². The van der Waals surface area contributed by atoms with Crippen LogP contribution in [0.1, 0.15) is 33.5 Å². The van der Waals surface area contributed by atoms with Crippen LogP contribution in [-0.2, 0) is 4.79 Å². The standard InChI is InChI=1S/C28H27N5O4/c1-19-25(21-7-4-3-5-8-21)26(29-20(2)34)33(30-19)23-12-10-22(11-13-23)27(35)31-14-16-32(17-15-31)28(36)24-9-6-18-37-24/h3-13,18H,14-17H2,1-2H3,(H,29,34). The van der Waals surface area contributed by atoms with Gasteiger partial charge in [-0.25, -0.2) is 4.68 Å². The fraction of sp³-hybridized carbons (Fsp3) is 0.214. The number of rotatable bonds is 5. The zero-order chi connectivity index (χ0) is 25.9. The smallest absolute Gasteiger partial charge is 0.289 e. The van der Waals surface area contributed by atoms with Crippen molar-refractivity contribution in [1.82, 2.24) is 19.6 Å². The predicted octanol–water partition coefficient (Wildman–Crippen LogP) is 4.00. The minimum absolute atomic E-state index is 0.0969. The van der Waals surface area contributed by atoms with Crippen molar-refractivity contribution in [2.45, 2.75) is 13.8 Å². The van der Waals surface area contributed by atoms with Gasteiger partial charge in [-0.2, -0.15) is 5.10 Å². The maximum atomic E-state index is 13.1. The number of carbonyl (C=O) groups excluding carboxylic acids is 3. The van der Waals surface area contributed by atoms with Gasteiger partial charge in [0.05, 0.1) is 17.6 Å². The van der Waals surface area contributed by atoms with Gasteiger partial charge in [-0.3, -0.25) is 14.4 Å². The Kier molecular flexibility index (Phi) is 6.59. The molecule has 0 aliphatic carbocycles. The van der Waals surface area contributed by atoms with Crippen molar-refractivity contribution < 1.29 is 18.8 Å². The lowest BCUT2D eigenvalue weighted by Crippen LogP contribution is -2.50. The van der Waals surface area contributed by atoms with E-state index in [9.17, 15) is 14.4 Å². The summed E-state index contributed by atoms with van der Waals surface area (Å²) in [6, 6.07) is 20.2. The zero-order valence-corrected chi connectivity index (χ0v) is 20.7. The second-order valence-corrected chi connectivity index (χ2v) is 8.88. The molecule has 188 valence electrons. The summed E-state index contributed by atoms with van der Waals surface area (Å²) in [5.41, 5.74) is 3.84. The Morgan fingerprint density at radius 3 is 2.08 bits per heavy atom. The topological polar surface area (TPSA) is 101 Å². The van der Waals surface area contributed by atoms with Gasteiger partial charge in [0.1, 0.15) is 5.82 Å². The summed E-state index contributed by atoms with van der Waals surface area (Å²) >= 11 is 0. The fourth-order valence-electron chi connectivity index (χ4n) is 4.54. The van der Waals surface area contributed by atoms with Gasteiger partial charge in [-0.05, 0) is 48.9 Å². The van der Waals surface area contributed by atoms with E-state index in [1.165, 1.54) is 13.2 Å². The van der Waals surface area contributed by atoms with E-state index < -0.39 is 0 Å². The maximum Gasteiger partial charge on any atom is 0.289 e. The Bertz CT molecular complexity index is 1420. The number of amides is 3. The quantitative estimate of drug-likeness (QED) is 0.449. The predicted molar refractivity (Wildman–Crippen MR) is 139 cm³/mol. The molecule has 2 aromatic carbocycles. The fourth-order valence-corrected chi connectivity index (χ4v) is 4.54. The van der Waals surface area contributed by atoms with E-state index in [0.717, 1.165) is 22.5 Å². The molecule has 37 heavy (non-hydrogen) atoms. The first kappa shape index (κ1) is 24.1. The van der Waals surface area contributed by atoms with Gasteiger partial charge in [0.15, 0.2) is 5.76 Å². The number of nitrogens with zero attached hydrogens (tertiary/aromatic N) is 4.